The minimum atomic E-state index is -0.380. The minimum Gasteiger partial charge on any atom is -0.486 e. The summed E-state index contributed by atoms with van der Waals surface area (Å²) in [6.07, 6.45) is 0. The normalized spacial score (nSPS) is 11.8. The molecule has 1 heterocycles. The summed E-state index contributed by atoms with van der Waals surface area (Å²) in [5.41, 5.74) is 2.29. The van der Waals surface area contributed by atoms with Crippen molar-refractivity contribution in [3.05, 3.63) is 71.5 Å². The van der Waals surface area contributed by atoms with Crippen LogP contribution in [-0.2, 0) is 22.7 Å². The predicted molar refractivity (Wildman–Crippen MR) is 108 cm³/mol. The van der Waals surface area contributed by atoms with Crippen molar-refractivity contribution in [2.45, 2.75) is 37.4 Å². The summed E-state index contributed by atoms with van der Waals surface area (Å²) in [5.74, 6) is 1.18. The van der Waals surface area contributed by atoms with Crippen LogP contribution in [-0.4, -0.2) is 33.1 Å². The number of esters is 1. The Balaban J connectivity index is 1.81. The molecule has 0 saturated heterocycles. The Morgan fingerprint density at radius 1 is 1.11 bits per heavy atom. The van der Waals surface area contributed by atoms with Gasteiger partial charge in [-0.05, 0) is 31.5 Å². The fourth-order valence-corrected chi connectivity index (χ4v) is 3.49. The second-order valence-corrected chi connectivity index (χ2v) is 7.66. The number of methoxy groups -OCH3 is 1. The zero-order chi connectivity index (χ0) is 19.9. The molecule has 0 amide bonds. The number of carbonyl (C=O) groups is 1. The lowest BCUT2D eigenvalue weighted by Gasteiger charge is -2.13. The zero-order valence-electron chi connectivity index (χ0n) is 16.2. The van der Waals surface area contributed by atoms with Crippen molar-refractivity contribution in [3.8, 4) is 5.75 Å². The topological polar surface area (TPSA) is 66.2 Å². The van der Waals surface area contributed by atoms with Crippen LogP contribution in [0.4, 0.5) is 0 Å². The number of nitrogens with zero attached hydrogens (tertiary/aromatic N) is 3. The Kier molecular flexibility index (Phi) is 6.71. The van der Waals surface area contributed by atoms with E-state index in [0.717, 1.165) is 11.3 Å². The summed E-state index contributed by atoms with van der Waals surface area (Å²) in [6.45, 7) is 4.71. The first-order chi connectivity index (χ1) is 13.6. The maximum Gasteiger partial charge on any atom is 0.318 e. The van der Waals surface area contributed by atoms with Gasteiger partial charge < -0.3 is 9.47 Å². The SMILES string of the molecule is COC(=O)[C@@H](C)Sc1nnc(COc2ccc(C)cc2)n1Cc1ccccc1. The molecule has 1 atom stereocenters. The molecule has 0 saturated carbocycles. The van der Waals surface area contributed by atoms with Crippen LogP contribution in [0.5, 0.6) is 5.75 Å². The molecule has 0 aliphatic heterocycles. The van der Waals surface area contributed by atoms with E-state index in [1.54, 1.807) is 6.92 Å². The summed E-state index contributed by atoms with van der Waals surface area (Å²) >= 11 is 1.33. The van der Waals surface area contributed by atoms with Crippen LogP contribution in [0.3, 0.4) is 0 Å². The van der Waals surface area contributed by atoms with E-state index in [0.29, 0.717) is 17.5 Å². The molecule has 1 aromatic heterocycles. The van der Waals surface area contributed by atoms with Crippen LogP contribution < -0.4 is 4.74 Å². The van der Waals surface area contributed by atoms with E-state index in [1.807, 2.05) is 66.1 Å². The van der Waals surface area contributed by atoms with E-state index >= 15 is 0 Å². The van der Waals surface area contributed by atoms with E-state index < -0.39 is 0 Å². The van der Waals surface area contributed by atoms with Crippen LogP contribution in [0.15, 0.2) is 59.8 Å². The molecule has 28 heavy (non-hydrogen) atoms. The Morgan fingerprint density at radius 3 is 2.50 bits per heavy atom. The van der Waals surface area contributed by atoms with Gasteiger partial charge in [0, 0.05) is 0 Å². The van der Waals surface area contributed by atoms with Crippen molar-refractivity contribution in [1.82, 2.24) is 14.8 Å². The first-order valence-electron chi connectivity index (χ1n) is 8.96. The molecule has 0 radical (unpaired) electrons. The zero-order valence-corrected chi connectivity index (χ0v) is 17.0. The first kappa shape index (κ1) is 19.9. The van der Waals surface area contributed by atoms with Crippen LogP contribution in [0, 0.1) is 6.92 Å². The Morgan fingerprint density at radius 2 is 1.82 bits per heavy atom. The standard InChI is InChI=1S/C21H23N3O3S/c1-15-9-11-18(12-10-15)27-14-19-22-23-21(28-16(2)20(25)26-3)24(19)13-17-7-5-4-6-8-17/h4-12,16H,13-14H2,1-3H3/t16-/m1/s1. The summed E-state index contributed by atoms with van der Waals surface area (Å²) < 4.78 is 12.7. The highest BCUT2D eigenvalue weighted by Crippen LogP contribution is 2.25. The molecule has 0 fully saturated rings. The molecule has 3 rings (SSSR count). The van der Waals surface area contributed by atoms with Gasteiger partial charge in [-0.25, -0.2) is 0 Å². The van der Waals surface area contributed by atoms with Crippen molar-refractivity contribution in [2.24, 2.45) is 0 Å². The Hall–Kier alpha value is -2.80. The highest BCUT2D eigenvalue weighted by Gasteiger charge is 2.21. The third-order valence-electron chi connectivity index (χ3n) is 4.18. The summed E-state index contributed by atoms with van der Waals surface area (Å²) in [4.78, 5) is 11.8. The van der Waals surface area contributed by atoms with Crippen molar-refractivity contribution in [1.29, 1.82) is 0 Å². The number of hydrogen-bond donors (Lipinski definition) is 0. The number of benzene rings is 2. The van der Waals surface area contributed by atoms with Crippen LogP contribution in [0.2, 0.25) is 0 Å². The molecule has 0 aliphatic carbocycles. The number of carbonyl (C=O) groups excluding carboxylic acids is 1. The molecule has 146 valence electrons. The summed E-state index contributed by atoms with van der Waals surface area (Å²) in [7, 11) is 1.38. The molecule has 0 aliphatic rings. The van der Waals surface area contributed by atoms with Gasteiger partial charge in [-0.2, -0.15) is 0 Å². The number of aryl methyl sites for hydroxylation is 1. The second-order valence-electron chi connectivity index (χ2n) is 6.36. The third kappa shape index (κ3) is 5.13. The van der Waals surface area contributed by atoms with E-state index in [2.05, 4.69) is 10.2 Å². The first-order valence-corrected chi connectivity index (χ1v) is 9.84. The van der Waals surface area contributed by atoms with Crippen molar-refractivity contribution < 1.29 is 14.3 Å². The number of hydrogen-bond acceptors (Lipinski definition) is 6. The van der Waals surface area contributed by atoms with Gasteiger partial charge >= 0.3 is 5.97 Å². The molecule has 3 aromatic rings. The quantitative estimate of drug-likeness (QED) is 0.425. The number of ether oxygens (including phenoxy) is 2. The maximum absolute atomic E-state index is 11.8. The van der Waals surface area contributed by atoms with Crippen LogP contribution in [0.1, 0.15) is 23.9 Å². The average molecular weight is 398 g/mol. The second kappa shape index (κ2) is 9.41. The fraction of sp³-hybridized carbons (Fsp3) is 0.286. The summed E-state index contributed by atoms with van der Waals surface area (Å²) in [6, 6.07) is 17.9. The molecule has 0 bridgehead atoms. The van der Waals surface area contributed by atoms with Gasteiger partial charge in [-0.1, -0.05) is 59.8 Å². The predicted octanol–water partition coefficient (Wildman–Crippen LogP) is 3.87. The third-order valence-corrected chi connectivity index (χ3v) is 5.24. The van der Waals surface area contributed by atoms with Gasteiger partial charge in [0.15, 0.2) is 11.0 Å². The van der Waals surface area contributed by atoms with Gasteiger partial charge in [-0.15, -0.1) is 10.2 Å². The van der Waals surface area contributed by atoms with Gasteiger partial charge in [0.1, 0.15) is 17.6 Å². The smallest absolute Gasteiger partial charge is 0.318 e. The summed E-state index contributed by atoms with van der Waals surface area (Å²) in [5, 5.41) is 8.86. The highest BCUT2D eigenvalue weighted by atomic mass is 32.2. The molecule has 0 spiro atoms. The van der Waals surface area contributed by atoms with Gasteiger partial charge in [-0.3, -0.25) is 9.36 Å². The number of rotatable bonds is 8. The molecule has 0 unspecified atom stereocenters. The van der Waals surface area contributed by atoms with Gasteiger partial charge in [0.25, 0.3) is 0 Å². The fourth-order valence-electron chi connectivity index (χ4n) is 2.59. The monoisotopic (exact) mass is 397 g/mol. The lowest BCUT2D eigenvalue weighted by molar-refractivity contribution is -0.139. The van der Waals surface area contributed by atoms with E-state index in [9.17, 15) is 4.79 Å². The lowest BCUT2D eigenvalue weighted by Crippen LogP contribution is -2.16. The molecule has 7 heteroatoms. The Labute approximate surface area is 168 Å². The van der Waals surface area contributed by atoms with Crippen molar-refractivity contribution in [2.75, 3.05) is 7.11 Å². The Bertz CT molecular complexity index is 910. The number of thioether (sulfide) groups is 1. The molecular weight excluding hydrogens is 374 g/mol. The highest BCUT2D eigenvalue weighted by molar-refractivity contribution is 8.00. The molecule has 2 aromatic carbocycles. The van der Waals surface area contributed by atoms with Gasteiger partial charge in [0.05, 0.1) is 13.7 Å². The van der Waals surface area contributed by atoms with Crippen molar-refractivity contribution in [3.63, 3.8) is 0 Å². The van der Waals surface area contributed by atoms with Gasteiger partial charge in [0.2, 0.25) is 0 Å². The number of aromatic nitrogens is 3. The minimum absolute atomic E-state index is 0.288. The van der Waals surface area contributed by atoms with E-state index in [4.69, 9.17) is 9.47 Å². The van der Waals surface area contributed by atoms with Crippen LogP contribution in [0.25, 0.3) is 0 Å². The van der Waals surface area contributed by atoms with Crippen LogP contribution >= 0.6 is 11.8 Å². The van der Waals surface area contributed by atoms with E-state index in [1.165, 1.54) is 24.4 Å². The average Bonchev–Trinajstić information content (AvgIpc) is 3.09. The van der Waals surface area contributed by atoms with E-state index in [-0.39, 0.29) is 17.8 Å². The molecular formula is C21H23N3O3S. The molecule has 0 N–H and O–H groups in total. The lowest BCUT2D eigenvalue weighted by atomic mass is 10.2. The van der Waals surface area contributed by atoms with Crippen molar-refractivity contribution >= 4 is 17.7 Å². The molecule has 6 nitrogen and oxygen atoms in total. The maximum atomic E-state index is 11.8. The largest absolute Gasteiger partial charge is 0.486 e.